The van der Waals surface area contributed by atoms with Crippen LogP contribution in [-0.2, 0) is 16.7 Å². The number of benzene rings is 1. The van der Waals surface area contributed by atoms with Crippen LogP contribution < -0.4 is 5.32 Å². The smallest absolute Gasteiger partial charge is 0.300 e. The van der Waals surface area contributed by atoms with Crippen LogP contribution in [0.1, 0.15) is 50.7 Å². The molecule has 0 unspecified atom stereocenters. The van der Waals surface area contributed by atoms with Gasteiger partial charge in [-0.15, -0.1) is 10.2 Å². The zero-order valence-electron chi connectivity index (χ0n) is 15.2. The molecule has 1 aromatic carbocycles. The van der Waals surface area contributed by atoms with Gasteiger partial charge in [-0.05, 0) is 30.5 Å². The lowest BCUT2D eigenvalue weighted by atomic mass is 9.99. The Bertz CT molecular complexity index is 732. The lowest BCUT2D eigenvalue weighted by molar-refractivity contribution is -0.137. The quantitative estimate of drug-likeness (QED) is 0.401. The molecule has 1 aromatic heterocycles. The van der Waals surface area contributed by atoms with Crippen molar-refractivity contribution < 1.29 is 18.0 Å². The van der Waals surface area contributed by atoms with Crippen LogP contribution in [0, 0.1) is 5.92 Å². The van der Waals surface area contributed by atoms with Gasteiger partial charge in [-0.25, -0.2) is 0 Å². The van der Waals surface area contributed by atoms with Crippen molar-refractivity contribution in [1.29, 1.82) is 0 Å². The van der Waals surface area contributed by atoms with Crippen molar-refractivity contribution in [2.45, 2.75) is 55.8 Å². The fourth-order valence-corrected chi connectivity index (χ4v) is 4.14. The summed E-state index contributed by atoms with van der Waals surface area (Å²) in [5.41, 5.74) is 0.102. The summed E-state index contributed by atoms with van der Waals surface area (Å²) in [5, 5.41) is 11.3. The molecule has 0 bridgehead atoms. The fraction of sp³-hybridized carbons (Fsp3) is 0.500. The molecule has 1 heterocycles. The molecule has 2 rings (SSSR count). The maximum Gasteiger partial charge on any atom is 0.416 e. The van der Waals surface area contributed by atoms with Crippen molar-refractivity contribution in [2.75, 3.05) is 5.32 Å². The largest absolute Gasteiger partial charge is 0.416 e. The van der Waals surface area contributed by atoms with E-state index in [0.717, 1.165) is 43.4 Å². The van der Waals surface area contributed by atoms with Crippen LogP contribution in [0.5, 0.6) is 0 Å². The molecule has 1 N–H and O–H groups in total. The third-order valence-corrected chi connectivity index (χ3v) is 6.09. The lowest BCUT2D eigenvalue weighted by Gasteiger charge is -2.12. The van der Waals surface area contributed by atoms with Gasteiger partial charge < -0.3 is 5.32 Å². The number of hydrogen-bond donors (Lipinski definition) is 1. The van der Waals surface area contributed by atoms with Gasteiger partial charge in [-0.2, -0.15) is 13.2 Å². The summed E-state index contributed by atoms with van der Waals surface area (Å²) in [4.78, 5) is 12.3. The average Bonchev–Trinajstić information content (AvgIpc) is 3.07. The lowest BCUT2D eigenvalue weighted by Crippen LogP contribution is -2.22. The van der Waals surface area contributed by atoms with E-state index < -0.39 is 11.7 Å². The monoisotopic (exact) mass is 417 g/mol. The van der Waals surface area contributed by atoms with E-state index in [2.05, 4.69) is 22.4 Å². The van der Waals surface area contributed by atoms with Gasteiger partial charge in [0.25, 0.3) is 0 Å². The van der Waals surface area contributed by atoms with E-state index in [4.69, 9.17) is 0 Å². The van der Waals surface area contributed by atoms with Crippen LogP contribution in [0.4, 0.5) is 18.3 Å². The van der Waals surface area contributed by atoms with E-state index in [1.807, 2.05) is 6.92 Å². The van der Waals surface area contributed by atoms with Gasteiger partial charge in [0.2, 0.25) is 11.0 Å². The van der Waals surface area contributed by atoms with E-state index in [-0.39, 0.29) is 11.8 Å². The van der Waals surface area contributed by atoms with E-state index in [1.165, 1.54) is 35.2 Å². The van der Waals surface area contributed by atoms with E-state index in [9.17, 15) is 18.0 Å². The second kappa shape index (κ2) is 10.1. The first-order valence-corrected chi connectivity index (χ1v) is 10.6. The Morgan fingerprint density at radius 3 is 2.52 bits per heavy atom. The Morgan fingerprint density at radius 2 is 1.93 bits per heavy atom. The van der Waals surface area contributed by atoms with E-state index in [1.54, 1.807) is 0 Å². The number of amides is 1. The topological polar surface area (TPSA) is 54.9 Å². The number of rotatable bonds is 9. The number of thioether (sulfide) groups is 1. The highest BCUT2D eigenvalue weighted by Gasteiger charge is 2.29. The molecule has 0 radical (unpaired) electrons. The number of nitrogens with one attached hydrogen (secondary N) is 1. The molecule has 4 nitrogen and oxygen atoms in total. The number of alkyl halides is 3. The number of halogens is 3. The molecule has 1 atom stereocenters. The Labute approximate surface area is 165 Å². The summed E-state index contributed by atoms with van der Waals surface area (Å²) >= 11 is 2.64. The molecule has 0 fully saturated rings. The summed E-state index contributed by atoms with van der Waals surface area (Å²) in [6.07, 6.45) is -0.636. The van der Waals surface area contributed by atoms with Gasteiger partial charge in [0.1, 0.15) is 0 Å². The molecule has 2 aromatic rings. The standard InChI is InChI=1S/C18H22F3N3OS2/c1-3-5-6-13(4-2)15(25)22-16-23-24-17(27-16)26-11-12-7-9-14(10-8-12)18(19,20)21/h7-10,13H,3-6,11H2,1-2H3,(H,22,23,25)/t13-/m0/s1. The summed E-state index contributed by atoms with van der Waals surface area (Å²) in [7, 11) is 0. The minimum atomic E-state index is -4.33. The zero-order valence-corrected chi connectivity index (χ0v) is 16.8. The van der Waals surface area contributed by atoms with Gasteiger partial charge in [-0.3, -0.25) is 4.79 Å². The highest BCUT2D eigenvalue weighted by atomic mass is 32.2. The number of aromatic nitrogens is 2. The second-order valence-corrected chi connectivity index (χ2v) is 8.29. The summed E-state index contributed by atoms with van der Waals surface area (Å²) in [6, 6.07) is 5.06. The highest BCUT2D eigenvalue weighted by molar-refractivity contribution is 8.00. The van der Waals surface area contributed by atoms with Crippen LogP contribution in [0.3, 0.4) is 0 Å². The minimum absolute atomic E-state index is 0.0305. The molecule has 0 aliphatic rings. The van der Waals surface area contributed by atoms with Gasteiger partial charge in [0.05, 0.1) is 5.56 Å². The molecular formula is C18H22F3N3OS2. The zero-order chi connectivity index (χ0) is 19.9. The van der Waals surface area contributed by atoms with Crippen LogP contribution in [0.2, 0.25) is 0 Å². The van der Waals surface area contributed by atoms with Crippen LogP contribution in [0.15, 0.2) is 28.6 Å². The third-order valence-electron chi connectivity index (χ3n) is 4.05. The van der Waals surface area contributed by atoms with Crippen molar-refractivity contribution >= 4 is 34.1 Å². The highest BCUT2D eigenvalue weighted by Crippen LogP contribution is 2.31. The van der Waals surface area contributed by atoms with Crippen molar-refractivity contribution in [3.8, 4) is 0 Å². The maximum absolute atomic E-state index is 12.6. The van der Waals surface area contributed by atoms with Crippen molar-refractivity contribution in [3.63, 3.8) is 0 Å². The Morgan fingerprint density at radius 1 is 1.22 bits per heavy atom. The molecule has 0 saturated carbocycles. The summed E-state index contributed by atoms with van der Waals surface area (Å²) in [6.45, 7) is 4.08. The Balaban J connectivity index is 1.87. The molecule has 1 amide bonds. The number of carbonyl (C=O) groups excluding carboxylic acids is 1. The first kappa shape index (κ1) is 21.7. The minimum Gasteiger partial charge on any atom is -0.300 e. The van der Waals surface area contributed by atoms with E-state index in [0.29, 0.717) is 15.2 Å². The Kier molecular flexibility index (Phi) is 8.09. The van der Waals surface area contributed by atoms with Crippen LogP contribution in [0.25, 0.3) is 0 Å². The van der Waals surface area contributed by atoms with Crippen molar-refractivity contribution in [1.82, 2.24) is 10.2 Å². The van der Waals surface area contributed by atoms with Crippen LogP contribution in [-0.4, -0.2) is 16.1 Å². The number of hydrogen-bond acceptors (Lipinski definition) is 5. The number of carbonyl (C=O) groups is 1. The fourth-order valence-electron chi connectivity index (χ4n) is 2.43. The molecule has 0 saturated heterocycles. The summed E-state index contributed by atoms with van der Waals surface area (Å²) < 4.78 is 38.4. The molecule has 9 heteroatoms. The molecule has 27 heavy (non-hydrogen) atoms. The first-order valence-electron chi connectivity index (χ1n) is 8.76. The summed E-state index contributed by atoms with van der Waals surface area (Å²) in [5.74, 6) is 0.410. The molecule has 0 aliphatic carbocycles. The predicted molar refractivity (Wildman–Crippen MR) is 103 cm³/mol. The number of nitrogens with zero attached hydrogens (tertiary/aromatic N) is 2. The van der Waals surface area contributed by atoms with Gasteiger partial charge in [0, 0.05) is 11.7 Å². The molecule has 0 aliphatic heterocycles. The predicted octanol–water partition coefficient (Wildman–Crippen LogP) is 6.00. The van der Waals surface area contributed by atoms with Crippen molar-refractivity contribution in [3.05, 3.63) is 35.4 Å². The number of unbranched alkanes of at least 4 members (excludes halogenated alkanes) is 1. The van der Waals surface area contributed by atoms with Crippen molar-refractivity contribution in [2.24, 2.45) is 5.92 Å². The van der Waals surface area contributed by atoms with Gasteiger partial charge >= 0.3 is 6.18 Å². The second-order valence-electron chi connectivity index (χ2n) is 6.09. The Hall–Kier alpha value is -1.61. The van der Waals surface area contributed by atoms with Gasteiger partial charge in [0.15, 0.2) is 4.34 Å². The normalized spacial score (nSPS) is 12.8. The number of anilines is 1. The SMILES string of the molecule is CCCC[C@H](CC)C(=O)Nc1nnc(SCc2ccc(C(F)(F)F)cc2)s1. The average molecular weight is 418 g/mol. The van der Waals surface area contributed by atoms with E-state index >= 15 is 0 Å². The molecule has 0 spiro atoms. The maximum atomic E-state index is 12.6. The first-order chi connectivity index (χ1) is 12.8. The van der Waals surface area contributed by atoms with Gasteiger partial charge in [-0.1, -0.05) is 61.9 Å². The van der Waals surface area contributed by atoms with Crippen LogP contribution >= 0.6 is 23.1 Å². The molecule has 148 valence electrons. The third kappa shape index (κ3) is 6.80. The molecular weight excluding hydrogens is 395 g/mol.